The lowest BCUT2D eigenvalue weighted by Crippen LogP contribution is -2.33. The average Bonchev–Trinajstić information content (AvgIpc) is 3.09. The van der Waals surface area contributed by atoms with E-state index in [2.05, 4.69) is 10.3 Å². The Bertz CT molecular complexity index is 812. The van der Waals surface area contributed by atoms with Crippen LogP contribution in [-0.2, 0) is 13.1 Å². The Morgan fingerprint density at radius 3 is 2.67 bits per heavy atom. The van der Waals surface area contributed by atoms with Crippen LogP contribution in [0.25, 0.3) is 0 Å². The summed E-state index contributed by atoms with van der Waals surface area (Å²) in [6, 6.07) is 5.35. The van der Waals surface area contributed by atoms with E-state index in [0.29, 0.717) is 23.2 Å². The second-order valence-electron chi connectivity index (χ2n) is 5.16. The van der Waals surface area contributed by atoms with Crippen molar-refractivity contribution in [3.05, 3.63) is 45.9 Å². The minimum Gasteiger partial charge on any atom is -0.497 e. The normalized spacial score (nSPS) is 12.6. The highest BCUT2D eigenvalue weighted by molar-refractivity contribution is 7.99. The monoisotopic (exact) mass is 347 g/mol. The fourth-order valence-electron chi connectivity index (χ4n) is 2.42. The van der Waals surface area contributed by atoms with Gasteiger partial charge in [0.15, 0.2) is 5.16 Å². The van der Waals surface area contributed by atoms with Crippen LogP contribution < -0.4 is 20.3 Å². The molecule has 126 valence electrons. The Morgan fingerprint density at radius 1 is 1.29 bits per heavy atom. The molecule has 1 amide bonds. The molecule has 0 fully saturated rings. The molecule has 0 atom stereocenters. The molecule has 0 unspecified atom stereocenters. The number of carbonyl (C=O) groups excluding carboxylic acids is 1. The zero-order valence-corrected chi connectivity index (χ0v) is 14.2. The van der Waals surface area contributed by atoms with Crippen LogP contribution in [0.15, 0.2) is 34.3 Å². The van der Waals surface area contributed by atoms with Gasteiger partial charge in [-0.2, -0.15) is 0 Å². The first-order chi connectivity index (χ1) is 11.6. The molecule has 0 spiro atoms. The Morgan fingerprint density at radius 2 is 2.00 bits per heavy atom. The van der Waals surface area contributed by atoms with Gasteiger partial charge in [0.2, 0.25) is 0 Å². The number of nitrogens with zero attached hydrogens (tertiary/aromatic N) is 2. The summed E-state index contributed by atoms with van der Waals surface area (Å²) in [5.41, 5.74) is 0.561. The van der Waals surface area contributed by atoms with Crippen LogP contribution in [0.5, 0.6) is 11.5 Å². The largest absolute Gasteiger partial charge is 0.497 e. The third kappa shape index (κ3) is 3.23. The molecular weight excluding hydrogens is 330 g/mol. The highest BCUT2D eigenvalue weighted by atomic mass is 32.2. The fraction of sp³-hybridized carbons (Fsp3) is 0.312. The molecule has 7 nitrogen and oxygen atoms in total. The number of hydrogen-bond donors (Lipinski definition) is 1. The Hall–Kier alpha value is -2.48. The van der Waals surface area contributed by atoms with Crippen molar-refractivity contribution in [3.8, 4) is 11.5 Å². The molecule has 1 aliphatic rings. The maximum atomic E-state index is 12.3. The number of thioether (sulfide) groups is 1. The summed E-state index contributed by atoms with van der Waals surface area (Å²) in [5, 5.41) is 3.40. The molecule has 3 rings (SSSR count). The predicted octanol–water partition coefficient (Wildman–Crippen LogP) is 1.30. The molecule has 8 heteroatoms. The van der Waals surface area contributed by atoms with Gasteiger partial charge < -0.3 is 14.8 Å². The molecule has 1 aromatic carbocycles. The van der Waals surface area contributed by atoms with Crippen molar-refractivity contribution in [2.75, 3.05) is 20.0 Å². The predicted molar refractivity (Wildman–Crippen MR) is 89.9 cm³/mol. The number of ether oxygens (including phenoxy) is 2. The molecule has 1 N–H and O–H groups in total. The third-order valence-corrected chi connectivity index (χ3v) is 4.64. The smallest absolute Gasteiger partial charge is 0.267 e. The van der Waals surface area contributed by atoms with E-state index >= 15 is 0 Å². The van der Waals surface area contributed by atoms with E-state index in [1.807, 2.05) is 0 Å². The minimum atomic E-state index is -0.443. The molecule has 1 aromatic heterocycles. The highest BCUT2D eigenvalue weighted by Crippen LogP contribution is 2.22. The number of amides is 1. The van der Waals surface area contributed by atoms with Crippen LogP contribution in [-0.4, -0.2) is 35.4 Å². The second kappa shape index (κ2) is 6.96. The zero-order valence-electron chi connectivity index (χ0n) is 13.4. The van der Waals surface area contributed by atoms with Crippen molar-refractivity contribution in [2.45, 2.75) is 18.2 Å². The molecule has 0 saturated carbocycles. The Labute approximate surface area is 143 Å². The number of nitrogens with one attached hydrogen (secondary N) is 1. The van der Waals surface area contributed by atoms with Gasteiger partial charge in [0.1, 0.15) is 17.1 Å². The van der Waals surface area contributed by atoms with Crippen molar-refractivity contribution in [3.63, 3.8) is 0 Å². The Balaban J connectivity index is 1.76. The lowest BCUT2D eigenvalue weighted by Gasteiger charge is -2.10. The van der Waals surface area contributed by atoms with Gasteiger partial charge in [0.25, 0.3) is 11.5 Å². The van der Waals surface area contributed by atoms with Gasteiger partial charge >= 0.3 is 0 Å². The average molecular weight is 347 g/mol. The van der Waals surface area contributed by atoms with E-state index in [-0.39, 0.29) is 17.7 Å². The van der Waals surface area contributed by atoms with E-state index in [4.69, 9.17) is 9.47 Å². The lowest BCUT2D eigenvalue weighted by atomic mass is 10.2. The quantitative estimate of drug-likeness (QED) is 0.821. The first-order valence-electron chi connectivity index (χ1n) is 7.35. The Kier molecular flexibility index (Phi) is 4.75. The maximum absolute atomic E-state index is 12.3. The SMILES string of the molecule is COc1cc(CNC(=O)c2cnc3n(c2=O)CCS3)cc(OC)c1. The molecule has 2 heterocycles. The van der Waals surface area contributed by atoms with Crippen LogP contribution in [0, 0.1) is 0 Å². The van der Waals surface area contributed by atoms with Gasteiger partial charge in [-0.05, 0) is 17.7 Å². The van der Waals surface area contributed by atoms with E-state index < -0.39 is 5.91 Å². The number of fused-ring (bicyclic) bond motifs is 1. The van der Waals surface area contributed by atoms with E-state index in [1.165, 1.54) is 22.5 Å². The number of carbonyl (C=O) groups is 1. The van der Waals surface area contributed by atoms with Gasteiger partial charge in [0.05, 0.1) is 14.2 Å². The summed E-state index contributed by atoms with van der Waals surface area (Å²) in [7, 11) is 3.12. The van der Waals surface area contributed by atoms with Gasteiger partial charge in [-0.3, -0.25) is 14.2 Å². The zero-order chi connectivity index (χ0) is 17.1. The molecule has 0 radical (unpaired) electrons. The van der Waals surface area contributed by atoms with Crippen LogP contribution in [0.4, 0.5) is 0 Å². The topological polar surface area (TPSA) is 82.5 Å². The fourth-order valence-corrected chi connectivity index (χ4v) is 3.33. The summed E-state index contributed by atoms with van der Waals surface area (Å²) < 4.78 is 11.9. The van der Waals surface area contributed by atoms with Crippen molar-refractivity contribution < 1.29 is 14.3 Å². The summed E-state index contributed by atoms with van der Waals surface area (Å²) in [4.78, 5) is 28.8. The van der Waals surface area contributed by atoms with Gasteiger partial charge in [-0.1, -0.05) is 11.8 Å². The summed E-state index contributed by atoms with van der Waals surface area (Å²) in [5.74, 6) is 1.63. The lowest BCUT2D eigenvalue weighted by molar-refractivity contribution is 0.0948. The van der Waals surface area contributed by atoms with Crippen molar-refractivity contribution in [1.82, 2.24) is 14.9 Å². The molecule has 0 aliphatic carbocycles. The van der Waals surface area contributed by atoms with E-state index in [1.54, 1.807) is 32.4 Å². The number of methoxy groups -OCH3 is 2. The minimum absolute atomic E-state index is 0.0520. The van der Waals surface area contributed by atoms with Gasteiger partial charge in [-0.15, -0.1) is 0 Å². The van der Waals surface area contributed by atoms with Gasteiger partial charge in [0, 0.05) is 31.1 Å². The maximum Gasteiger partial charge on any atom is 0.267 e. The van der Waals surface area contributed by atoms with E-state index in [9.17, 15) is 9.59 Å². The standard InChI is InChI=1S/C16H17N3O4S/c1-22-11-5-10(6-12(7-11)23-2)8-17-14(20)13-9-18-16-19(15(13)21)3-4-24-16/h5-7,9H,3-4,8H2,1-2H3,(H,17,20). The molecule has 2 aromatic rings. The highest BCUT2D eigenvalue weighted by Gasteiger charge is 2.19. The molecular formula is C16H17N3O4S. The summed E-state index contributed by atoms with van der Waals surface area (Å²) in [6.07, 6.45) is 1.34. The summed E-state index contributed by atoms with van der Waals surface area (Å²) in [6.45, 7) is 0.836. The van der Waals surface area contributed by atoms with Crippen molar-refractivity contribution in [1.29, 1.82) is 0 Å². The molecule has 0 bridgehead atoms. The van der Waals surface area contributed by atoms with Crippen molar-refractivity contribution in [2.24, 2.45) is 0 Å². The number of hydrogen-bond acceptors (Lipinski definition) is 6. The number of rotatable bonds is 5. The summed E-state index contributed by atoms with van der Waals surface area (Å²) >= 11 is 1.51. The third-order valence-electron chi connectivity index (χ3n) is 3.67. The molecule has 1 aliphatic heterocycles. The number of aromatic nitrogens is 2. The molecule has 24 heavy (non-hydrogen) atoms. The van der Waals surface area contributed by atoms with Crippen LogP contribution in [0.2, 0.25) is 0 Å². The number of benzene rings is 1. The van der Waals surface area contributed by atoms with Crippen molar-refractivity contribution >= 4 is 17.7 Å². The first-order valence-corrected chi connectivity index (χ1v) is 8.33. The molecule has 0 saturated heterocycles. The van der Waals surface area contributed by atoms with Gasteiger partial charge in [-0.25, -0.2) is 4.98 Å². The first kappa shape index (κ1) is 16.4. The van der Waals surface area contributed by atoms with Crippen LogP contribution in [0.3, 0.4) is 0 Å². The second-order valence-corrected chi connectivity index (χ2v) is 6.23. The van der Waals surface area contributed by atoms with Crippen LogP contribution >= 0.6 is 11.8 Å². The van der Waals surface area contributed by atoms with Crippen LogP contribution in [0.1, 0.15) is 15.9 Å². The van der Waals surface area contributed by atoms with E-state index in [0.717, 1.165) is 11.3 Å².